The number of carbonyl (C=O) groups is 1. The molecular weight excluding hydrogens is 341 g/mol. The van der Waals surface area contributed by atoms with Crippen molar-refractivity contribution in [3.05, 3.63) is 28.8 Å². The Kier molecular flexibility index (Phi) is 4.11. The molecule has 0 aliphatic carbocycles. The van der Waals surface area contributed by atoms with Gasteiger partial charge < -0.3 is 4.57 Å². The molecule has 9 heteroatoms. The Morgan fingerprint density at radius 3 is 2.87 bits per heavy atom. The van der Waals surface area contributed by atoms with E-state index < -0.39 is 22.0 Å². The molecule has 1 amide bonds. The van der Waals surface area contributed by atoms with E-state index in [1.807, 2.05) is 0 Å². The summed E-state index contributed by atoms with van der Waals surface area (Å²) in [5.41, 5.74) is 0.773. The van der Waals surface area contributed by atoms with Gasteiger partial charge in [-0.2, -0.15) is 9.30 Å². The molecule has 1 saturated heterocycles. The Morgan fingerprint density at radius 2 is 2.17 bits per heavy atom. The Hall–Kier alpha value is -1.58. The highest BCUT2D eigenvalue weighted by Crippen LogP contribution is 2.22. The number of fused-ring (bicyclic) bond motifs is 1. The van der Waals surface area contributed by atoms with Gasteiger partial charge in [0.1, 0.15) is 11.9 Å². The number of rotatable bonds is 2. The van der Waals surface area contributed by atoms with Crippen LogP contribution in [0.15, 0.2) is 23.2 Å². The third-order valence-electron chi connectivity index (χ3n) is 3.89. The zero-order valence-electron chi connectivity index (χ0n) is 12.7. The van der Waals surface area contributed by atoms with Crippen molar-refractivity contribution in [3.8, 4) is 0 Å². The Bertz CT molecular complexity index is 946. The molecule has 23 heavy (non-hydrogen) atoms. The van der Waals surface area contributed by atoms with Gasteiger partial charge in [0.25, 0.3) is 5.91 Å². The van der Waals surface area contributed by atoms with Gasteiger partial charge in [-0.25, -0.2) is 12.8 Å². The van der Waals surface area contributed by atoms with Crippen LogP contribution < -0.4 is 4.80 Å². The van der Waals surface area contributed by atoms with Gasteiger partial charge in [-0.1, -0.05) is 11.3 Å². The zero-order valence-corrected chi connectivity index (χ0v) is 14.3. The first-order valence-electron chi connectivity index (χ1n) is 7.08. The van der Waals surface area contributed by atoms with E-state index in [4.69, 9.17) is 0 Å². The van der Waals surface area contributed by atoms with Crippen LogP contribution in [0.4, 0.5) is 4.39 Å². The van der Waals surface area contributed by atoms with Crippen molar-refractivity contribution >= 4 is 37.5 Å². The van der Waals surface area contributed by atoms with E-state index in [0.717, 1.165) is 11.8 Å². The van der Waals surface area contributed by atoms with Crippen LogP contribution in [0, 0.1) is 5.82 Å². The maximum atomic E-state index is 13.3. The van der Waals surface area contributed by atoms with Gasteiger partial charge in [-0.15, -0.1) is 0 Å². The molecule has 1 atom stereocenters. The standard InChI is InChI=1S/C14H16FN3O3S2/c1-17-10-6-5-9(15)8-12(10)22-14(17)16-13(19)11-4-3-7-18(11)23(2,20)21/h5-6,8,11H,3-4,7H2,1-2H3. The fourth-order valence-electron chi connectivity index (χ4n) is 2.77. The molecular formula is C14H16FN3O3S2. The average molecular weight is 357 g/mol. The van der Waals surface area contributed by atoms with Crippen LogP contribution in [0.2, 0.25) is 0 Å². The van der Waals surface area contributed by atoms with E-state index in [9.17, 15) is 17.6 Å². The second-order valence-electron chi connectivity index (χ2n) is 5.54. The van der Waals surface area contributed by atoms with Crippen molar-refractivity contribution in [2.45, 2.75) is 18.9 Å². The number of carbonyl (C=O) groups excluding carboxylic acids is 1. The second-order valence-corrected chi connectivity index (χ2v) is 8.48. The van der Waals surface area contributed by atoms with Gasteiger partial charge >= 0.3 is 0 Å². The summed E-state index contributed by atoms with van der Waals surface area (Å²) in [6, 6.07) is 3.63. The van der Waals surface area contributed by atoms with Crippen LogP contribution in [0.1, 0.15) is 12.8 Å². The smallest absolute Gasteiger partial charge is 0.266 e. The number of amides is 1. The van der Waals surface area contributed by atoms with Crippen molar-refractivity contribution in [2.75, 3.05) is 12.8 Å². The number of benzene rings is 1. The van der Waals surface area contributed by atoms with Crippen LogP contribution >= 0.6 is 11.3 Å². The quantitative estimate of drug-likeness (QED) is 0.812. The number of aryl methyl sites for hydroxylation is 1. The second kappa shape index (κ2) is 5.81. The predicted octanol–water partition coefficient (Wildman–Crippen LogP) is 1.23. The van der Waals surface area contributed by atoms with Crippen molar-refractivity contribution in [1.82, 2.24) is 8.87 Å². The fourth-order valence-corrected chi connectivity index (χ4v) is 4.93. The van der Waals surface area contributed by atoms with Gasteiger partial charge in [-0.05, 0) is 31.0 Å². The summed E-state index contributed by atoms with van der Waals surface area (Å²) >= 11 is 1.20. The van der Waals surface area contributed by atoms with Crippen LogP contribution in [0.3, 0.4) is 0 Å². The molecule has 1 aliphatic rings. The maximum absolute atomic E-state index is 13.3. The molecule has 6 nitrogen and oxygen atoms in total. The number of thiazole rings is 1. The first kappa shape index (κ1) is 16.3. The highest BCUT2D eigenvalue weighted by Gasteiger charge is 2.36. The molecule has 1 fully saturated rings. The number of hydrogen-bond acceptors (Lipinski definition) is 4. The molecule has 0 radical (unpaired) electrons. The van der Waals surface area contributed by atoms with Gasteiger partial charge in [0.05, 0.1) is 16.5 Å². The van der Waals surface area contributed by atoms with E-state index in [-0.39, 0.29) is 5.82 Å². The lowest BCUT2D eigenvalue weighted by Crippen LogP contribution is -2.39. The molecule has 3 rings (SSSR count). The molecule has 2 heterocycles. The molecule has 0 spiro atoms. The Morgan fingerprint density at radius 1 is 1.43 bits per heavy atom. The first-order chi connectivity index (χ1) is 10.8. The molecule has 1 aliphatic heterocycles. The molecule has 0 N–H and O–H groups in total. The largest absolute Gasteiger partial charge is 0.319 e. The van der Waals surface area contributed by atoms with E-state index in [0.29, 0.717) is 28.9 Å². The van der Waals surface area contributed by atoms with Gasteiger partial charge in [-0.3, -0.25) is 4.79 Å². The average Bonchev–Trinajstić information content (AvgIpc) is 3.04. The summed E-state index contributed by atoms with van der Waals surface area (Å²) in [6.07, 6.45) is 2.21. The summed E-state index contributed by atoms with van der Waals surface area (Å²) in [7, 11) is -1.69. The summed E-state index contributed by atoms with van der Waals surface area (Å²) < 4.78 is 40.4. The first-order valence-corrected chi connectivity index (χ1v) is 9.74. The van der Waals surface area contributed by atoms with Crippen LogP contribution in [-0.2, 0) is 21.9 Å². The molecule has 1 aromatic heterocycles. The monoisotopic (exact) mass is 357 g/mol. The number of halogens is 1. The van der Waals surface area contributed by atoms with Gasteiger partial charge in [0.2, 0.25) is 10.0 Å². The number of hydrogen-bond donors (Lipinski definition) is 0. The third kappa shape index (κ3) is 3.08. The fraction of sp³-hybridized carbons (Fsp3) is 0.429. The Labute approximate surface area is 136 Å². The number of aromatic nitrogens is 1. The number of sulfonamides is 1. The van der Waals surface area contributed by atoms with Crippen molar-refractivity contribution in [2.24, 2.45) is 12.0 Å². The summed E-state index contributed by atoms with van der Waals surface area (Å²) in [4.78, 5) is 16.9. The molecule has 0 saturated carbocycles. The van der Waals surface area contributed by atoms with Crippen molar-refractivity contribution in [1.29, 1.82) is 0 Å². The van der Waals surface area contributed by atoms with E-state index in [2.05, 4.69) is 4.99 Å². The van der Waals surface area contributed by atoms with Crippen molar-refractivity contribution in [3.63, 3.8) is 0 Å². The summed E-state index contributed by atoms with van der Waals surface area (Å²) in [5.74, 6) is -0.827. The maximum Gasteiger partial charge on any atom is 0.266 e. The third-order valence-corrected chi connectivity index (χ3v) is 6.28. The summed E-state index contributed by atoms with van der Waals surface area (Å²) in [6.45, 7) is 0.342. The number of nitrogens with zero attached hydrogens (tertiary/aromatic N) is 3. The lowest BCUT2D eigenvalue weighted by molar-refractivity contribution is -0.121. The van der Waals surface area contributed by atoms with Crippen molar-refractivity contribution < 1.29 is 17.6 Å². The van der Waals surface area contributed by atoms with Crippen LogP contribution in [0.25, 0.3) is 10.2 Å². The lowest BCUT2D eigenvalue weighted by Gasteiger charge is -2.18. The van der Waals surface area contributed by atoms with Crippen LogP contribution in [-0.4, -0.2) is 42.0 Å². The van der Waals surface area contributed by atoms with Gasteiger partial charge in [0.15, 0.2) is 4.80 Å². The van der Waals surface area contributed by atoms with E-state index in [1.54, 1.807) is 17.7 Å². The minimum atomic E-state index is -3.43. The van der Waals surface area contributed by atoms with E-state index in [1.165, 1.54) is 27.8 Å². The normalized spacial score (nSPS) is 20.5. The Balaban J connectivity index is 2.01. The molecule has 1 unspecified atom stereocenters. The topological polar surface area (TPSA) is 71.7 Å². The minimum Gasteiger partial charge on any atom is -0.319 e. The van der Waals surface area contributed by atoms with E-state index >= 15 is 0 Å². The molecule has 0 bridgehead atoms. The highest BCUT2D eigenvalue weighted by molar-refractivity contribution is 7.88. The van der Waals surface area contributed by atoms with Crippen LogP contribution in [0.5, 0.6) is 0 Å². The van der Waals surface area contributed by atoms with Gasteiger partial charge in [0, 0.05) is 13.6 Å². The zero-order chi connectivity index (χ0) is 16.8. The lowest BCUT2D eigenvalue weighted by atomic mass is 10.2. The molecule has 1 aromatic carbocycles. The summed E-state index contributed by atoms with van der Waals surface area (Å²) in [5, 5.41) is 0. The SMILES string of the molecule is Cn1c(=NC(=O)C2CCCN2S(C)(=O)=O)sc2cc(F)ccc21. The minimum absolute atomic E-state index is 0.342. The molecule has 2 aromatic rings. The highest BCUT2D eigenvalue weighted by atomic mass is 32.2. The predicted molar refractivity (Wildman–Crippen MR) is 85.9 cm³/mol. The molecule has 124 valence electrons.